The van der Waals surface area contributed by atoms with Crippen molar-refractivity contribution in [1.82, 2.24) is 25.1 Å². The summed E-state index contributed by atoms with van der Waals surface area (Å²) >= 11 is 0. The zero-order valence-electron chi connectivity index (χ0n) is 17.5. The molecule has 0 unspecified atom stereocenters. The molecular weight excluding hydrogens is 378 g/mol. The summed E-state index contributed by atoms with van der Waals surface area (Å²) in [4.78, 5) is 12.9. The molecule has 8 nitrogen and oxygen atoms in total. The van der Waals surface area contributed by atoms with Crippen LogP contribution in [0.1, 0.15) is 38.6 Å². The van der Waals surface area contributed by atoms with Crippen molar-refractivity contribution in [2.45, 2.75) is 33.6 Å². The molecule has 0 bridgehead atoms. The van der Waals surface area contributed by atoms with Crippen molar-refractivity contribution in [1.29, 1.82) is 5.41 Å². The Morgan fingerprint density at radius 2 is 2.17 bits per heavy atom. The van der Waals surface area contributed by atoms with E-state index in [0.717, 1.165) is 40.4 Å². The van der Waals surface area contributed by atoms with Gasteiger partial charge in [-0.25, -0.2) is 15.0 Å². The average Bonchev–Trinajstić information content (AvgIpc) is 3.43. The monoisotopic (exact) mass is 405 g/mol. The predicted octanol–water partition coefficient (Wildman–Crippen LogP) is 5.05. The van der Waals surface area contributed by atoms with Crippen LogP contribution in [0, 0.1) is 5.41 Å². The lowest BCUT2D eigenvalue weighted by molar-refractivity contribution is 0.543. The van der Waals surface area contributed by atoms with Gasteiger partial charge in [-0.15, -0.1) is 0 Å². The lowest BCUT2D eigenvalue weighted by Gasteiger charge is -2.07. The van der Waals surface area contributed by atoms with Crippen molar-refractivity contribution in [2.24, 2.45) is 0 Å². The van der Waals surface area contributed by atoms with Crippen LogP contribution in [0.25, 0.3) is 16.8 Å². The summed E-state index contributed by atoms with van der Waals surface area (Å²) in [5.41, 5.74) is 4.80. The van der Waals surface area contributed by atoms with Gasteiger partial charge in [-0.05, 0) is 39.0 Å². The van der Waals surface area contributed by atoms with E-state index in [-0.39, 0.29) is 0 Å². The summed E-state index contributed by atoms with van der Waals surface area (Å²) in [5, 5.41) is 16.4. The molecule has 3 aromatic rings. The first kappa shape index (κ1) is 22.5. The maximum absolute atomic E-state index is 6.08. The van der Waals surface area contributed by atoms with Gasteiger partial charge in [0.1, 0.15) is 0 Å². The second-order valence-electron chi connectivity index (χ2n) is 6.18. The van der Waals surface area contributed by atoms with Crippen LogP contribution in [-0.2, 0) is 6.42 Å². The van der Waals surface area contributed by atoms with Gasteiger partial charge in [-0.1, -0.05) is 31.7 Å². The second-order valence-corrected chi connectivity index (χ2v) is 6.18. The molecule has 3 aromatic heterocycles. The number of allylic oxidation sites excluding steroid dienone is 5. The van der Waals surface area contributed by atoms with E-state index >= 15 is 0 Å². The Bertz CT molecular complexity index is 1000. The first-order chi connectivity index (χ1) is 14.6. The lowest BCUT2D eigenvalue weighted by atomic mass is 10.1. The summed E-state index contributed by atoms with van der Waals surface area (Å²) in [5.74, 6) is 1.27. The third-order valence-corrected chi connectivity index (χ3v) is 4.01. The van der Waals surface area contributed by atoms with Crippen LogP contribution in [0.4, 0.5) is 5.95 Å². The molecule has 0 aromatic carbocycles. The standard InChI is InChI=1S/C20H22N6O.C2H5N/c1-4-6-15(19-12-21-13-27-19)8-7-14(3)24-20-22-10-9-18(25-20)16-11-23-26-17(16)5-2;1-2-3/h4,6-7,9-13H,1,5,8H2,2-3H3,(H,23,26)(H,22,24,25);2-3H,1H3/b14-7+,15-6+;. The fourth-order valence-electron chi connectivity index (χ4n) is 2.63. The SMILES string of the molecule is C=C/C=C(\C/C=C(\C)Nc1nccc(-c2cn[nH]c2CC)n1)c1cnco1.CC=N. The molecule has 0 atom stereocenters. The predicted molar refractivity (Wildman–Crippen MR) is 120 cm³/mol. The first-order valence-corrected chi connectivity index (χ1v) is 9.57. The average molecular weight is 406 g/mol. The van der Waals surface area contributed by atoms with E-state index in [9.17, 15) is 0 Å². The van der Waals surface area contributed by atoms with E-state index < -0.39 is 0 Å². The van der Waals surface area contributed by atoms with Gasteiger partial charge in [0.15, 0.2) is 12.2 Å². The maximum atomic E-state index is 6.08. The Morgan fingerprint density at radius 1 is 1.37 bits per heavy atom. The highest BCUT2D eigenvalue weighted by molar-refractivity contribution is 5.64. The molecule has 0 fully saturated rings. The number of aromatic amines is 1. The van der Waals surface area contributed by atoms with Crippen LogP contribution in [0.3, 0.4) is 0 Å². The van der Waals surface area contributed by atoms with Crippen LogP contribution in [0.5, 0.6) is 0 Å². The van der Waals surface area contributed by atoms with Crippen molar-refractivity contribution in [3.05, 3.63) is 73.0 Å². The normalized spacial score (nSPS) is 11.4. The molecule has 0 saturated heterocycles. The Morgan fingerprint density at radius 3 is 2.83 bits per heavy atom. The Balaban J connectivity index is 0.00000101. The minimum absolute atomic E-state index is 0.540. The van der Waals surface area contributed by atoms with Gasteiger partial charge in [0.05, 0.1) is 18.1 Å². The van der Waals surface area contributed by atoms with E-state index in [1.54, 1.807) is 31.6 Å². The minimum atomic E-state index is 0.540. The third kappa shape index (κ3) is 6.37. The summed E-state index contributed by atoms with van der Waals surface area (Å²) in [6.45, 7) is 9.46. The minimum Gasteiger partial charge on any atom is -0.444 e. The molecule has 0 saturated carbocycles. The number of aromatic nitrogens is 5. The number of aryl methyl sites for hydroxylation is 1. The fourth-order valence-corrected chi connectivity index (χ4v) is 2.63. The molecule has 0 aliphatic carbocycles. The molecule has 3 N–H and O–H groups in total. The van der Waals surface area contributed by atoms with E-state index in [0.29, 0.717) is 12.4 Å². The molecular formula is C22H27N7O. The third-order valence-electron chi connectivity index (χ3n) is 4.01. The maximum Gasteiger partial charge on any atom is 0.227 e. The number of rotatable bonds is 8. The molecule has 0 aliphatic heterocycles. The van der Waals surface area contributed by atoms with E-state index in [1.165, 1.54) is 12.6 Å². The van der Waals surface area contributed by atoms with Gasteiger partial charge in [0.2, 0.25) is 5.95 Å². The van der Waals surface area contributed by atoms with Crippen molar-refractivity contribution in [3.63, 3.8) is 0 Å². The number of hydrogen-bond acceptors (Lipinski definition) is 7. The van der Waals surface area contributed by atoms with Crippen LogP contribution >= 0.6 is 0 Å². The van der Waals surface area contributed by atoms with Gasteiger partial charge in [0.25, 0.3) is 0 Å². The summed E-state index contributed by atoms with van der Waals surface area (Å²) in [7, 11) is 0. The zero-order valence-corrected chi connectivity index (χ0v) is 17.5. The molecule has 3 heterocycles. The summed E-state index contributed by atoms with van der Waals surface area (Å²) < 4.78 is 5.37. The molecule has 30 heavy (non-hydrogen) atoms. The van der Waals surface area contributed by atoms with Gasteiger partial charge >= 0.3 is 0 Å². The first-order valence-electron chi connectivity index (χ1n) is 9.57. The summed E-state index contributed by atoms with van der Waals surface area (Å²) in [6, 6.07) is 1.88. The van der Waals surface area contributed by atoms with Gasteiger partial charge in [-0.2, -0.15) is 5.10 Å². The number of oxazole rings is 1. The van der Waals surface area contributed by atoms with E-state index in [2.05, 4.69) is 44.0 Å². The van der Waals surface area contributed by atoms with Crippen LogP contribution in [0.15, 0.2) is 66.0 Å². The van der Waals surface area contributed by atoms with E-state index in [4.69, 9.17) is 9.83 Å². The fraction of sp³-hybridized carbons (Fsp3) is 0.227. The highest BCUT2D eigenvalue weighted by Gasteiger charge is 2.09. The number of H-pyrrole nitrogens is 1. The molecule has 0 spiro atoms. The van der Waals surface area contributed by atoms with Crippen LogP contribution in [0.2, 0.25) is 0 Å². The van der Waals surface area contributed by atoms with Gasteiger partial charge in [0, 0.05) is 28.7 Å². The quantitative estimate of drug-likeness (QED) is 0.357. The van der Waals surface area contributed by atoms with Crippen LogP contribution < -0.4 is 5.32 Å². The molecule has 0 aliphatic rings. The number of nitrogens with one attached hydrogen (secondary N) is 3. The molecule has 8 heteroatoms. The largest absolute Gasteiger partial charge is 0.444 e. The topological polar surface area (TPSA) is 116 Å². The lowest BCUT2D eigenvalue weighted by Crippen LogP contribution is -2.02. The van der Waals surface area contributed by atoms with Crippen molar-refractivity contribution < 1.29 is 4.42 Å². The Hall–Kier alpha value is -3.81. The van der Waals surface area contributed by atoms with E-state index in [1.807, 2.05) is 25.1 Å². The highest BCUT2D eigenvalue weighted by Crippen LogP contribution is 2.22. The smallest absolute Gasteiger partial charge is 0.227 e. The Labute approximate surface area is 176 Å². The zero-order chi connectivity index (χ0) is 21.8. The number of hydrogen-bond donors (Lipinski definition) is 3. The van der Waals surface area contributed by atoms with Crippen LogP contribution in [-0.4, -0.2) is 31.4 Å². The van der Waals surface area contributed by atoms with Crippen molar-refractivity contribution in [3.8, 4) is 11.3 Å². The molecule has 3 rings (SSSR count). The van der Waals surface area contributed by atoms with Crippen molar-refractivity contribution >= 4 is 17.7 Å². The summed E-state index contributed by atoms with van der Waals surface area (Å²) in [6.07, 6.45) is 15.1. The molecule has 0 amide bonds. The van der Waals surface area contributed by atoms with Gasteiger partial charge < -0.3 is 15.1 Å². The van der Waals surface area contributed by atoms with Gasteiger partial charge in [-0.3, -0.25) is 5.10 Å². The number of anilines is 1. The Kier molecular flexibility index (Phi) is 8.92. The number of nitrogens with zero attached hydrogens (tertiary/aromatic N) is 4. The highest BCUT2D eigenvalue weighted by atomic mass is 16.3. The van der Waals surface area contributed by atoms with Crippen molar-refractivity contribution in [2.75, 3.05) is 5.32 Å². The second kappa shape index (κ2) is 11.9. The molecule has 156 valence electrons. The molecule has 0 radical (unpaired) electrons.